The summed E-state index contributed by atoms with van der Waals surface area (Å²) in [5, 5.41) is 12.2. The molecule has 1 aromatic heterocycles. The zero-order chi connectivity index (χ0) is 11.6. The Balaban J connectivity index is 2.98. The summed E-state index contributed by atoms with van der Waals surface area (Å²) in [6.07, 6.45) is 0.307. The summed E-state index contributed by atoms with van der Waals surface area (Å²) in [6, 6.07) is 0. The van der Waals surface area contributed by atoms with Crippen LogP contribution in [0.5, 0.6) is 5.88 Å². The first-order valence-electron chi connectivity index (χ1n) is 4.44. The second-order valence-electron chi connectivity index (χ2n) is 3.26. The number of nitrogens with zero attached hydrogens (tertiary/aromatic N) is 2. The minimum absolute atomic E-state index is 0.307. The van der Waals surface area contributed by atoms with Crippen molar-refractivity contribution in [3.63, 3.8) is 0 Å². The molecule has 1 atom stereocenters. The quantitative estimate of drug-likeness (QED) is 0.746. The number of thiol groups is 1. The van der Waals surface area contributed by atoms with Crippen molar-refractivity contribution in [2.24, 2.45) is 7.05 Å². The predicted molar refractivity (Wildman–Crippen MR) is 58.6 cm³/mol. The van der Waals surface area contributed by atoms with Crippen LogP contribution in [0.4, 0.5) is 0 Å². The lowest BCUT2D eigenvalue weighted by molar-refractivity contribution is -0.136. The molecule has 6 heteroatoms. The first-order valence-corrected chi connectivity index (χ1v) is 4.96. The molecular formula is C9H14N2O3S. The van der Waals surface area contributed by atoms with Crippen molar-refractivity contribution in [3.05, 3.63) is 11.3 Å². The molecule has 0 aromatic carbocycles. The molecule has 1 unspecified atom stereocenters. The fourth-order valence-electron chi connectivity index (χ4n) is 1.45. The van der Waals surface area contributed by atoms with Crippen LogP contribution in [0, 0.1) is 6.92 Å². The fourth-order valence-corrected chi connectivity index (χ4v) is 1.63. The Morgan fingerprint density at radius 1 is 1.73 bits per heavy atom. The maximum atomic E-state index is 10.7. The van der Waals surface area contributed by atoms with E-state index in [0.29, 0.717) is 12.3 Å². The van der Waals surface area contributed by atoms with Crippen molar-refractivity contribution >= 4 is 18.6 Å². The number of methoxy groups -OCH3 is 1. The molecule has 15 heavy (non-hydrogen) atoms. The molecule has 1 heterocycles. The molecule has 0 fully saturated rings. The van der Waals surface area contributed by atoms with E-state index < -0.39 is 11.2 Å². The van der Waals surface area contributed by atoms with Crippen LogP contribution in [0.3, 0.4) is 0 Å². The maximum absolute atomic E-state index is 10.7. The van der Waals surface area contributed by atoms with Crippen molar-refractivity contribution in [3.8, 4) is 5.88 Å². The summed E-state index contributed by atoms with van der Waals surface area (Å²) in [7, 11) is 3.29. The minimum Gasteiger partial charge on any atom is -0.481 e. The van der Waals surface area contributed by atoms with Gasteiger partial charge in [0.05, 0.1) is 12.8 Å². The lowest BCUT2D eigenvalue weighted by Crippen LogP contribution is -2.16. The van der Waals surface area contributed by atoms with Gasteiger partial charge in [0.15, 0.2) is 0 Å². The van der Waals surface area contributed by atoms with Crippen molar-refractivity contribution in [1.82, 2.24) is 9.78 Å². The number of aliphatic carboxylic acids is 1. The molecule has 0 aliphatic heterocycles. The maximum Gasteiger partial charge on any atom is 0.316 e. The number of aryl methyl sites for hydroxylation is 2. The molecule has 1 aromatic rings. The topological polar surface area (TPSA) is 64.3 Å². The smallest absolute Gasteiger partial charge is 0.316 e. The Morgan fingerprint density at radius 3 is 2.80 bits per heavy atom. The van der Waals surface area contributed by atoms with Crippen molar-refractivity contribution in [1.29, 1.82) is 0 Å². The van der Waals surface area contributed by atoms with Gasteiger partial charge in [-0.15, -0.1) is 0 Å². The number of rotatable bonds is 4. The predicted octanol–water partition coefficient (Wildman–Crippen LogP) is 0.663. The number of hydrogen-bond donors (Lipinski definition) is 2. The molecule has 0 bridgehead atoms. The third-order valence-electron chi connectivity index (χ3n) is 2.16. The summed E-state index contributed by atoms with van der Waals surface area (Å²) in [5.74, 6) is -0.351. The fraction of sp³-hybridized carbons (Fsp3) is 0.556. The van der Waals surface area contributed by atoms with E-state index in [9.17, 15) is 4.79 Å². The highest BCUT2D eigenvalue weighted by molar-refractivity contribution is 7.81. The SMILES string of the molecule is COc1c(CC(S)C(=O)O)c(C)nn1C. The molecule has 1 N–H and O–H groups in total. The molecule has 0 aliphatic rings. The van der Waals surface area contributed by atoms with Crippen LogP contribution in [0.25, 0.3) is 0 Å². The highest BCUT2D eigenvalue weighted by atomic mass is 32.1. The monoisotopic (exact) mass is 230 g/mol. The summed E-state index contributed by atoms with van der Waals surface area (Å²) in [6.45, 7) is 1.82. The van der Waals surface area contributed by atoms with Gasteiger partial charge in [0.2, 0.25) is 5.88 Å². The second kappa shape index (κ2) is 4.57. The Kier molecular flexibility index (Phi) is 3.62. The van der Waals surface area contributed by atoms with Crippen LogP contribution in [-0.2, 0) is 18.3 Å². The van der Waals surface area contributed by atoms with Crippen LogP contribution in [0.1, 0.15) is 11.3 Å². The summed E-state index contributed by atoms with van der Waals surface area (Å²) in [4.78, 5) is 10.7. The number of aromatic nitrogens is 2. The summed E-state index contributed by atoms with van der Waals surface area (Å²) in [5.41, 5.74) is 1.57. The zero-order valence-corrected chi connectivity index (χ0v) is 9.78. The molecule has 0 spiro atoms. The van der Waals surface area contributed by atoms with E-state index in [1.165, 1.54) is 7.11 Å². The summed E-state index contributed by atoms with van der Waals surface area (Å²) < 4.78 is 6.74. The Bertz CT molecular complexity index is 376. The lowest BCUT2D eigenvalue weighted by atomic mass is 10.1. The van der Waals surface area contributed by atoms with Crippen molar-refractivity contribution in [2.45, 2.75) is 18.6 Å². The van der Waals surface area contributed by atoms with Gasteiger partial charge in [-0.1, -0.05) is 0 Å². The molecule has 0 saturated carbocycles. The van der Waals surface area contributed by atoms with Crippen LogP contribution in [0.15, 0.2) is 0 Å². The van der Waals surface area contributed by atoms with Gasteiger partial charge in [-0.25, -0.2) is 4.68 Å². The van der Waals surface area contributed by atoms with Crippen LogP contribution >= 0.6 is 12.6 Å². The normalized spacial score (nSPS) is 12.5. The van der Waals surface area contributed by atoms with Gasteiger partial charge in [-0.05, 0) is 6.92 Å². The molecule has 0 aliphatic carbocycles. The second-order valence-corrected chi connectivity index (χ2v) is 3.88. The number of carbonyl (C=O) groups is 1. The number of hydrogen-bond acceptors (Lipinski definition) is 4. The Morgan fingerprint density at radius 2 is 2.33 bits per heavy atom. The standard InChI is InChI=1S/C9H14N2O3S/c1-5-6(4-7(15)9(12)13)8(14-3)11(2)10-5/h7,15H,4H2,1-3H3,(H,12,13). The third kappa shape index (κ3) is 2.44. The number of carboxylic acid groups (broad SMARTS) is 1. The lowest BCUT2D eigenvalue weighted by Gasteiger charge is -2.07. The average Bonchev–Trinajstić information content (AvgIpc) is 2.41. The third-order valence-corrected chi connectivity index (χ3v) is 2.57. The molecule has 0 amide bonds. The highest BCUT2D eigenvalue weighted by Crippen LogP contribution is 2.23. The summed E-state index contributed by atoms with van der Waals surface area (Å²) >= 11 is 3.99. The largest absolute Gasteiger partial charge is 0.481 e. The average molecular weight is 230 g/mol. The van der Waals surface area contributed by atoms with Crippen molar-refractivity contribution in [2.75, 3.05) is 7.11 Å². The Hall–Kier alpha value is -1.17. The number of ether oxygens (including phenoxy) is 1. The van der Waals surface area contributed by atoms with Crippen LogP contribution < -0.4 is 4.74 Å². The molecule has 0 saturated heterocycles. The minimum atomic E-state index is -0.941. The first kappa shape index (κ1) is 11.9. The van der Waals surface area contributed by atoms with E-state index in [2.05, 4.69) is 17.7 Å². The van der Waals surface area contributed by atoms with E-state index >= 15 is 0 Å². The van der Waals surface area contributed by atoms with E-state index in [1.807, 2.05) is 6.92 Å². The molecule has 5 nitrogen and oxygen atoms in total. The number of carboxylic acids is 1. The van der Waals surface area contributed by atoms with Gasteiger partial charge >= 0.3 is 5.97 Å². The van der Waals surface area contributed by atoms with E-state index in [1.54, 1.807) is 11.7 Å². The van der Waals surface area contributed by atoms with Gasteiger partial charge in [0, 0.05) is 19.0 Å². The highest BCUT2D eigenvalue weighted by Gasteiger charge is 2.20. The first-order chi connectivity index (χ1) is 6.97. The van der Waals surface area contributed by atoms with Gasteiger partial charge in [0.25, 0.3) is 0 Å². The van der Waals surface area contributed by atoms with Gasteiger partial charge < -0.3 is 9.84 Å². The van der Waals surface area contributed by atoms with Crippen LogP contribution in [0.2, 0.25) is 0 Å². The van der Waals surface area contributed by atoms with Gasteiger partial charge in [-0.2, -0.15) is 17.7 Å². The van der Waals surface area contributed by atoms with E-state index in [-0.39, 0.29) is 0 Å². The zero-order valence-electron chi connectivity index (χ0n) is 8.89. The van der Waals surface area contributed by atoms with Crippen LogP contribution in [-0.4, -0.2) is 33.2 Å². The van der Waals surface area contributed by atoms with Gasteiger partial charge in [0.1, 0.15) is 5.25 Å². The van der Waals surface area contributed by atoms with E-state index in [4.69, 9.17) is 9.84 Å². The molecule has 0 radical (unpaired) electrons. The van der Waals surface area contributed by atoms with Crippen molar-refractivity contribution < 1.29 is 14.6 Å². The van der Waals surface area contributed by atoms with Gasteiger partial charge in [-0.3, -0.25) is 4.79 Å². The molecule has 84 valence electrons. The molecular weight excluding hydrogens is 216 g/mol. The van der Waals surface area contributed by atoms with E-state index in [0.717, 1.165) is 11.3 Å². The molecule has 1 rings (SSSR count). The Labute approximate surface area is 93.5 Å².